The normalized spacial score (nSPS) is 12.1. The van der Waals surface area contributed by atoms with Gasteiger partial charge in [0.25, 0.3) is 5.89 Å². The van der Waals surface area contributed by atoms with Crippen LogP contribution in [-0.2, 0) is 11.2 Å². The summed E-state index contributed by atoms with van der Waals surface area (Å²) in [4.78, 5) is 22.4. The molecule has 194 valence electrons. The zero-order chi connectivity index (χ0) is 26.4. The van der Waals surface area contributed by atoms with Crippen molar-refractivity contribution in [3.63, 3.8) is 0 Å². The third kappa shape index (κ3) is 6.81. The SMILES string of the molecule is CCCc1cc(-c2noc(-c3cc(C)nc(N(C)C(C)C)c3)n2)cc(C)c1OC[C@@H](O)CCC(N)=O. The van der Waals surface area contributed by atoms with Crippen molar-refractivity contribution in [1.82, 2.24) is 15.1 Å². The number of nitrogens with zero attached hydrogens (tertiary/aromatic N) is 4. The molecule has 2 heterocycles. The van der Waals surface area contributed by atoms with Gasteiger partial charge in [-0.05, 0) is 75.9 Å². The first-order chi connectivity index (χ1) is 17.1. The number of hydrogen-bond donors (Lipinski definition) is 2. The molecule has 0 saturated heterocycles. The Morgan fingerprint density at radius 3 is 2.58 bits per heavy atom. The lowest BCUT2D eigenvalue weighted by Gasteiger charge is -2.23. The highest BCUT2D eigenvalue weighted by atomic mass is 16.5. The van der Waals surface area contributed by atoms with Crippen LogP contribution in [-0.4, -0.2) is 51.9 Å². The highest BCUT2D eigenvalue weighted by molar-refractivity contribution is 5.73. The van der Waals surface area contributed by atoms with Crippen molar-refractivity contribution in [3.05, 3.63) is 41.1 Å². The fraction of sp³-hybridized carbons (Fsp3) is 0.481. The fourth-order valence-electron chi connectivity index (χ4n) is 3.89. The molecular weight excluding hydrogens is 458 g/mol. The van der Waals surface area contributed by atoms with Gasteiger partial charge in [0.1, 0.15) is 18.2 Å². The monoisotopic (exact) mass is 495 g/mol. The molecule has 9 heteroatoms. The lowest BCUT2D eigenvalue weighted by molar-refractivity contribution is -0.118. The van der Waals surface area contributed by atoms with Gasteiger partial charge in [0.15, 0.2) is 0 Å². The molecule has 2 aromatic heterocycles. The van der Waals surface area contributed by atoms with E-state index < -0.39 is 12.0 Å². The summed E-state index contributed by atoms with van der Waals surface area (Å²) in [6, 6.07) is 8.15. The first-order valence-electron chi connectivity index (χ1n) is 12.4. The Labute approximate surface area is 212 Å². The van der Waals surface area contributed by atoms with Crippen LogP contribution in [0, 0.1) is 13.8 Å². The molecule has 0 aliphatic carbocycles. The van der Waals surface area contributed by atoms with Gasteiger partial charge in [0.05, 0.1) is 6.10 Å². The third-order valence-corrected chi connectivity index (χ3v) is 6.02. The van der Waals surface area contributed by atoms with E-state index >= 15 is 0 Å². The van der Waals surface area contributed by atoms with Crippen molar-refractivity contribution in [2.45, 2.75) is 72.4 Å². The fourth-order valence-corrected chi connectivity index (χ4v) is 3.89. The minimum absolute atomic E-state index is 0.0884. The van der Waals surface area contributed by atoms with Crippen LogP contribution in [0.5, 0.6) is 5.75 Å². The van der Waals surface area contributed by atoms with Crippen molar-refractivity contribution in [2.75, 3.05) is 18.6 Å². The molecule has 0 radical (unpaired) electrons. The summed E-state index contributed by atoms with van der Waals surface area (Å²) in [5.74, 6) is 2.06. The Morgan fingerprint density at radius 1 is 1.17 bits per heavy atom. The molecule has 9 nitrogen and oxygen atoms in total. The van der Waals surface area contributed by atoms with Crippen molar-refractivity contribution in [3.8, 4) is 28.6 Å². The molecule has 3 rings (SSSR count). The lowest BCUT2D eigenvalue weighted by Crippen LogP contribution is -2.26. The molecule has 1 atom stereocenters. The molecule has 1 aromatic carbocycles. The second-order valence-corrected chi connectivity index (χ2v) is 9.48. The van der Waals surface area contributed by atoms with Gasteiger partial charge in [-0.15, -0.1) is 0 Å². The predicted molar refractivity (Wildman–Crippen MR) is 140 cm³/mol. The van der Waals surface area contributed by atoms with Crippen LogP contribution in [0.4, 0.5) is 5.82 Å². The molecular formula is C27H37N5O4. The molecule has 36 heavy (non-hydrogen) atoms. The van der Waals surface area contributed by atoms with Crippen molar-refractivity contribution in [1.29, 1.82) is 0 Å². The van der Waals surface area contributed by atoms with Gasteiger partial charge in [0, 0.05) is 36.3 Å². The zero-order valence-corrected chi connectivity index (χ0v) is 22.0. The summed E-state index contributed by atoms with van der Waals surface area (Å²) in [6.07, 6.45) is 1.33. The summed E-state index contributed by atoms with van der Waals surface area (Å²) in [5.41, 5.74) is 9.60. The summed E-state index contributed by atoms with van der Waals surface area (Å²) in [6.45, 7) is 10.3. The molecule has 3 aromatic rings. The minimum atomic E-state index is -0.769. The number of carbonyl (C=O) groups is 1. The highest BCUT2D eigenvalue weighted by Gasteiger charge is 2.18. The Balaban J connectivity index is 1.87. The number of hydrogen-bond acceptors (Lipinski definition) is 8. The summed E-state index contributed by atoms with van der Waals surface area (Å²) < 4.78 is 11.6. The number of rotatable bonds is 12. The third-order valence-electron chi connectivity index (χ3n) is 6.02. The number of pyridine rings is 1. The standard InChI is InChI=1S/C27H37N5O4/c1-7-8-19-13-20(11-17(4)25(19)35-15-22(33)9-10-23(28)34)26-30-27(36-31-26)21-12-18(5)29-24(14-21)32(6)16(2)3/h11-14,16,22,33H,7-10,15H2,1-6H3,(H2,28,34)/t22-/m0/s1. The number of anilines is 1. The van der Waals surface area contributed by atoms with Crippen molar-refractivity contribution >= 4 is 11.7 Å². The van der Waals surface area contributed by atoms with Crippen molar-refractivity contribution in [2.24, 2.45) is 5.73 Å². The maximum Gasteiger partial charge on any atom is 0.258 e. The second kappa shape index (κ2) is 12.0. The minimum Gasteiger partial charge on any atom is -0.490 e. The Kier molecular flexibility index (Phi) is 9.03. The Bertz CT molecular complexity index is 1190. The number of carbonyl (C=O) groups excluding carboxylic acids is 1. The van der Waals surface area contributed by atoms with Crippen LogP contribution in [0.2, 0.25) is 0 Å². The average Bonchev–Trinajstić information content (AvgIpc) is 3.32. The van der Waals surface area contributed by atoms with E-state index in [4.69, 9.17) is 15.0 Å². The van der Waals surface area contributed by atoms with Gasteiger partial charge in [-0.2, -0.15) is 4.98 Å². The maximum absolute atomic E-state index is 11.0. The Morgan fingerprint density at radius 2 is 1.92 bits per heavy atom. The van der Waals surface area contributed by atoms with E-state index in [1.54, 1.807) is 0 Å². The molecule has 3 N–H and O–H groups in total. The topological polar surface area (TPSA) is 128 Å². The maximum atomic E-state index is 11.0. The summed E-state index contributed by atoms with van der Waals surface area (Å²) >= 11 is 0. The molecule has 0 spiro atoms. The molecule has 0 aliphatic rings. The van der Waals surface area contributed by atoms with Gasteiger partial charge in [0.2, 0.25) is 11.7 Å². The molecule has 0 unspecified atom stereocenters. The number of benzene rings is 1. The smallest absolute Gasteiger partial charge is 0.258 e. The van der Waals surface area contributed by atoms with Crippen LogP contribution >= 0.6 is 0 Å². The van der Waals surface area contributed by atoms with Gasteiger partial charge in [-0.25, -0.2) is 4.98 Å². The molecule has 1 amide bonds. The first kappa shape index (κ1) is 27.1. The van der Waals surface area contributed by atoms with E-state index in [1.807, 2.05) is 45.2 Å². The first-order valence-corrected chi connectivity index (χ1v) is 12.4. The van der Waals surface area contributed by atoms with Crippen LogP contribution in [0.15, 0.2) is 28.8 Å². The zero-order valence-electron chi connectivity index (χ0n) is 22.0. The number of aliphatic hydroxyl groups excluding tert-OH is 1. The van der Waals surface area contributed by atoms with E-state index in [0.29, 0.717) is 17.8 Å². The van der Waals surface area contributed by atoms with Crippen LogP contribution in [0.25, 0.3) is 22.8 Å². The molecule has 0 aliphatic heterocycles. The summed E-state index contributed by atoms with van der Waals surface area (Å²) in [7, 11) is 2.01. The number of nitrogens with two attached hydrogens (primary N) is 1. The van der Waals surface area contributed by atoms with Gasteiger partial charge in [-0.3, -0.25) is 4.79 Å². The second-order valence-electron chi connectivity index (χ2n) is 9.48. The number of aromatic nitrogens is 3. The number of aliphatic hydroxyl groups is 1. The van der Waals surface area contributed by atoms with Crippen molar-refractivity contribution < 1.29 is 19.2 Å². The van der Waals surface area contributed by atoms with Crippen LogP contribution < -0.4 is 15.4 Å². The van der Waals surface area contributed by atoms with Crippen LogP contribution in [0.3, 0.4) is 0 Å². The quantitative estimate of drug-likeness (QED) is 0.382. The van der Waals surface area contributed by atoms with Gasteiger partial charge >= 0.3 is 0 Å². The van der Waals surface area contributed by atoms with E-state index in [0.717, 1.165) is 52.4 Å². The van der Waals surface area contributed by atoms with E-state index in [9.17, 15) is 9.90 Å². The number of aryl methyl sites for hydroxylation is 3. The Hall–Kier alpha value is -3.46. The van der Waals surface area contributed by atoms with E-state index in [1.165, 1.54) is 0 Å². The average molecular weight is 496 g/mol. The lowest BCUT2D eigenvalue weighted by atomic mass is 10.0. The van der Waals surface area contributed by atoms with E-state index in [-0.39, 0.29) is 19.4 Å². The molecule has 0 saturated carbocycles. The number of ether oxygens (including phenoxy) is 1. The number of primary amides is 1. The van der Waals surface area contributed by atoms with Gasteiger partial charge in [-0.1, -0.05) is 18.5 Å². The van der Waals surface area contributed by atoms with E-state index in [2.05, 4.69) is 40.8 Å². The largest absolute Gasteiger partial charge is 0.490 e. The molecule has 0 fully saturated rings. The summed E-state index contributed by atoms with van der Waals surface area (Å²) in [5, 5.41) is 14.4. The van der Waals surface area contributed by atoms with Gasteiger partial charge < -0.3 is 25.0 Å². The molecule has 0 bridgehead atoms. The highest BCUT2D eigenvalue weighted by Crippen LogP contribution is 2.32. The van der Waals surface area contributed by atoms with Crippen LogP contribution in [0.1, 0.15) is 56.9 Å². The predicted octanol–water partition coefficient (Wildman–Crippen LogP) is 4.22. The number of amides is 1.